The number of oxazole rings is 1. The molecule has 2 heterocycles. The van der Waals surface area contributed by atoms with E-state index < -0.39 is 17.7 Å². The van der Waals surface area contributed by atoms with E-state index in [-0.39, 0.29) is 11.8 Å². The fourth-order valence-electron chi connectivity index (χ4n) is 3.19. The van der Waals surface area contributed by atoms with E-state index in [2.05, 4.69) is 10.3 Å². The number of rotatable bonds is 4. The summed E-state index contributed by atoms with van der Waals surface area (Å²) in [4.78, 5) is 30.9. The molecule has 1 N–H and O–H groups in total. The summed E-state index contributed by atoms with van der Waals surface area (Å²) >= 11 is 0. The van der Waals surface area contributed by atoms with Crippen LogP contribution in [0.1, 0.15) is 59.1 Å². The lowest BCUT2D eigenvalue weighted by molar-refractivity contribution is -0.120. The molecule has 0 aliphatic carbocycles. The normalized spacial score (nSPS) is 16.9. The fourth-order valence-corrected chi connectivity index (χ4v) is 3.19. The number of benzene rings is 1. The number of amides is 2. The van der Waals surface area contributed by atoms with Crippen molar-refractivity contribution in [1.29, 1.82) is 0 Å². The highest BCUT2D eigenvalue weighted by Crippen LogP contribution is 2.26. The first-order valence-electron chi connectivity index (χ1n) is 10.0. The Morgan fingerprint density at radius 2 is 1.93 bits per heavy atom. The molecule has 156 valence electrons. The van der Waals surface area contributed by atoms with Gasteiger partial charge in [0.2, 0.25) is 11.8 Å². The van der Waals surface area contributed by atoms with Crippen LogP contribution in [0.15, 0.2) is 34.9 Å². The van der Waals surface area contributed by atoms with Gasteiger partial charge in [-0.15, -0.1) is 0 Å². The van der Waals surface area contributed by atoms with E-state index in [1.165, 1.54) is 4.90 Å². The molecule has 2 aromatic rings. The van der Waals surface area contributed by atoms with Gasteiger partial charge < -0.3 is 14.5 Å². The minimum atomic E-state index is -0.591. The summed E-state index contributed by atoms with van der Waals surface area (Å²) in [7, 11) is 0. The van der Waals surface area contributed by atoms with Crippen molar-refractivity contribution < 1.29 is 18.7 Å². The molecular weight excluding hydrogens is 370 g/mol. The highest BCUT2D eigenvalue weighted by Gasteiger charge is 2.36. The predicted octanol–water partition coefficient (Wildman–Crippen LogP) is 4.80. The monoisotopic (exact) mass is 399 g/mol. The summed E-state index contributed by atoms with van der Waals surface area (Å²) in [6.07, 6.45) is 2.69. The molecule has 1 aromatic heterocycles. The van der Waals surface area contributed by atoms with Crippen LogP contribution in [-0.4, -0.2) is 40.1 Å². The van der Waals surface area contributed by atoms with E-state index in [0.29, 0.717) is 24.5 Å². The second-order valence-electron chi connectivity index (χ2n) is 8.62. The number of likely N-dealkylation sites (tertiary alicyclic amines) is 1. The maximum absolute atomic E-state index is 12.7. The Kier molecular flexibility index (Phi) is 5.96. The first kappa shape index (κ1) is 20.9. The summed E-state index contributed by atoms with van der Waals surface area (Å²) in [5, 5.41) is 2.89. The number of aromatic nitrogens is 1. The lowest BCUT2D eigenvalue weighted by Gasteiger charge is -2.28. The number of nitrogens with zero attached hydrogens (tertiary/aromatic N) is 2. The van der Waals surface area contributed by atoms with E-state index in [0.717, 1.165) is 17.7 Å². The topological polar surface area (TPSA) is 84.7 Å². The number of ether oxygens (including phenoxy) is 1. The van der Waals surface area contributed by atoms with Crippen LogP contribution >= 0.6 is 0 Å². The van der Waals surface area contributed by atoms with Gasteiger partial charge >= 0.3 is 6.09 Å². The van der Waals surface area contributed by atoms with E-state index in [1.807, 2.05) is 46.8 Å². The highest BCUT2D eigenvalue weighted by molar-refractivity contribution is 5.97. The molecular formula is C22H29N3O4. The molecule has 1 saturated heterocycles. The van der Waals surface area contributed by atoms with Gasteiger partial charge in [0.1, 0.15) is 17.4 Å². The number of hydrogen-bond acceptors (Lipinski definition) is 5. The summed E-state index contributed by atoms with van der Waals surface area (Å²) in [5.74, 6) is 1.45. The summed E-state index contributed by atoms with van der Waals surface area (Å²) in [5.41, 5.74) is 0.905. The van der Waals surface area contributed by atoms with Crippen LogP contribution in [-0.2, 0) is 9.53 Å². The van der Waals surface area contributed by atoms with Gasteiger partial charge in [0, 0.05) is 23.7 Å². The van der Waals surface area contributed by atoms with Crippen molar-refractivity contribution >= 4 is 17.7 Å². The smallest absolute Gasteiger partial charge is 0.410 e. The SMILES string of the molecule is CC(C)c1cnc(-c2ccc(NC(=O)[C@@H]3CCCN3C(=O)OC(C)(C)C)cc2)o1. The van der Waals surface area contributed by atoms with Gasteiger partial charge in [-0.25, -0.2) is 9.78 Å². The second kappa shape index (κ2) is 8.27. The molecule has 0 saturated carbocycles. The number of carbonyl (C=O) groups is 2. The Morgan fingerprint density at radius 3 is 2.52 bits per heavy atom. The molecule has 1 aliphatic rings. The van der Waals surface area contributed by atoms with Gasteiger partial charge in [0.05, 0.1) is 6.20 Å². The van der Waals surface area contributed by atoms with Crippen molar-refractivity contribution in [2.45, 2.75) is 65.0 Å². The van der Waals surface area contributed by atoms with Gasteiger partial charge in [-0.3, -0.25) is 9.69 Å². The summed E-state index contributed by atoms with van der Waals surface area (Å²) in [6, 6.07) is 6.79. The van der Waals surface area contributed by atoms with Crippen molar-refractivity contribution in [3.8, 4) is 11.5 Å². The average Bonchev–Trinajstić information content (AvgIpc) is 3.31. The maximum Gasteiger partial charge on any atom is 0.410 e. The van der Waals surface area contributed by atoms with E-state index in [9.17, 15) is 9.59 Å². The van der Waals surface area contributed by atoms with Crippen molar-refractivity contribution in [3.05, 3.63) is 36.2 Å². The van der Waals surface area contributed by atoms with Crippen LogP contribution in [0.25, 0.3) is 11.5 Å². The number of nitrogens with one attached hydrogen (secondary N) is 1. The van der Waals surface area contributed by atoms with E-state index in [1.54, 1.807) is 18.3 Å². The van der Waals surface area contributed by atoms with Crippen LogP contribution in [0, 0.1) is 0 Å². The van der Waals surface area contributed by atoms with Crippen LogP contribution in [0.3, 0.4) is 0 Å². The molecule has 3 rings (SSSR count). The molecule has 0 bridgehead atoms. The standard InChI is InChI=1S/C22H29N3O4/c1-14(2)18-13-23-20(28-18)15-8-10-16(11-9-15)24-19(26)17-7-6-12-25(17)21(27)29-22(3,4)5/h8-11,13-14,17H,6-7,12H2,1-5H3,(H,24,26)/t17-/m0/s1. The number of anilines is 1. The maximum atomic E-state index is 12.7. The zero-order valence-electron chi connectivity index (χ0n) is 17.7. The Hall–Kier alpha value is -2.83. The van der Waals surface area contributed by atoms with E-state index in [4.69, 9.17) is 9.15 Å². The Balaban J connectivity index is 1.64. The lowest BCUT2D eigenvalue weighted by Crippen LogP contribution is -2.45. The first-order chi connectivity index (χ1) is 13.6. The molecule has 7 nitrogen and oxygen atoms in total. The van der Waals surface area contributed by atoms with Crippen LogP contribution < -0.4 is 5.32 Å². The zero-order chi connectivity index (χ0) is 21.2. The molecule has 1 aromatic carbocycles. The van der Waals surface area contributed by atoms with Crippen molar-refractivity contribution in [2.75, 3.05) is 11.9 Å². The van der Waals surface area contributed by atoms with Gasteiger partial charge in [0.15, 0.2) is 0 Å². The van der Waals surface area contributed by atoms with Crippen molar-refractivity contribution in [1.82, 2.24) is 9.88 Å². The number of carbonyl (C=O) groups excluding carboxylic acids is 2. The van der Waals surface area contributed by atoms with Gasteiger partial charge in [-0.1, -0.05) is 13.8 Å². The van der Waals surface area contributed by atoms with Crippen LogP contribution in [0.2, 0.25) is 0 Å². The summed E-state index contributed by atoms with van der Waals surface area (Å²) in [6.45, 7) is 10.1. The van der Waals surface area contributed by atoms with Crippen LogP contribution in [0.5, 0.6) is 0 Å². The minimum absolute atomic E-state index is 0.209. The Labute approximate surface area is 171 Å². The zero-order valence-corrected chi connectivity index (χ0v) is 17.7. The third kappa shape index (κ3) is 5.16. The van der Waals surface area contributed by atoms with Gasteiger partial charge in [-0.2, -0.15) is 0 Å². The highest BCUT2D eigenvalue weighted by atomic mass is 16.6. The fraction of sp³-hybridized carbons (Fsp3) is 0.500. The molecule has 1 atom stereocenters. The summed E-state index contributed by atoms with van der Waals surface area (Å²) < 4.78 is 11.2. The van der Waals surface area contributed by atoms with Gasteiger partial charge in [-0.05, 0) is 57.9 Å². The minimum Gasteiger partial charge on any atom is -0.444 e. The lowest BCUT2D eigenvalue weighted by atomic mass is 10.1. The van der Waals surface area contributed by atoms with Gasteiger partial charge in [0.25, 0.3) is 0 Å². The average molecular weight is 399 g/mol. The molecule has 0 spiro atoms. The van der Waals surface area contributed by atoms with Crippen molar-refractivity contribution in [2.24, 2.45) is 0 Å². The molecule has 0 unspecified atom stereocenters. The molecule has 1 fully saturated rings. The Morgan fingerprint density at radius 1 is 1.24 bits per heavy atom. The second-order valence-corrected chi connectivity index (χ2v) is 8.62. The third-order valence-corrected chi connectivity index (χ3v) is 4.68. The Bertz CT molecular complexity index is 865. The molecule has 29 heavy (non-hydrogen) atoms. The molecule has 1 aliphatic heterocycles. The third-order valence-electron chi connectivity index (χ3n) is 4.68. The predicted molar refractivity (Wildman–Crippen MR) is 111 cm³/mol. The number of hydrogen-bond donors (Lipinski definition) is 1. The molecule has 7 heteroatoms. The largest absolute Gasteiger partial charge is 0.444 e. The van der Waals surface area contributed by atoms with Crippen LogP contribution in [0.4, 0.5) is 10.5 Å². The molecule has 0 radical (unpaired) electrons. The molecule has 2 amide bonds. The van der Waals surface area contributed by atoms with Crippen molar-refractivity contribution in [3.63, 3.8) is 0 Å². The quantitative estimate of drug-likeness (QED) is 0.798. The first-order valence-corrected chi connectivity index (χ1v) is 10.0. The van der Waals surface area contributed by atoms with E-state index >= 15 is 0 Å².